The number of carbonyl (C=O) groups is 2. The zero-order chi connectivity index (χ0) is 19.7. The van der Waals surface area contributed by atoms with E-state index in [-0.39, 0.29) is 11.8 Å². The van der Waals surface area contributed by atoms with Gasteiger partial charge in [-0.1, -0.05) is 45.7 Å². The summed E-state index contributed by atoms with van der Waals surface area (Å²) in [6.45, 7) is 0.679. The van der Waals surface area contributed by atoms with Crippen molar-refractivity contribution in [1.82, 2.24) is 0 Å². The molecule has 140 valence electrons. The Morgan fingerprint density at radius 2 is 1.75 bits per heavy atom. The first-order chi connectivity index (χ1) is 13.5. The first-order valence-corrected chi connectivity index (χ1v) is 9.96. The van der Waals surface area contributed by atoms with Gasteiger partial charge in [0.05, 0.1) is 10.6 Å². The third kappa shape index (κ3) is 3.68. The van der Waals surface area contributed by atoms with Crippen molar-refractivity contribution in [1.29, 1.82) is 0 Å². The molecule has 0 aromatic heterocycles. The fraction of sp³-hybridized carbons (Fsp3) is 0.0909. The monoisotopic (exact) mass is 454 g/mol. The molecular formula is C22H16BrClN2O2. The fourth-order valence-corrected chi connectivity index (χ4v) is 4.03. The lowest BCUT2D eigenvalue weighted by Crippen LogP contribution is -2.28. The number of anilines is 2. The Morgan fingerprint density at radius 3 is 2.50 bits per heavy atom. The van der Waals surface area contributed by atoms with E-state index in [0.717, 1.165) is 16.6 Å². The lowest BCUT2D eigenvalue weighted by atomic mass is 10.1. The van der Waals surface area contributed by atoms with Gasteiger partial charge >= 0.3 is 0 Å². The van der Waals surface area contributed by atoms with Crippen LogP contribution < -0.4 is 10.2 Å². The third-order valence-corrected chi connectivity index (χ3v) is 5.50. The molecule has 0 aliphatic carbocycles. The smallest absolute Gasteiger partial charge is 0.258 e. The molecule has 1 aliphatic heterocycles. The van der Waals surface area contributed by atoms with Crippen molar-refractivity contribution >= 4 is 50.7 Å². The molecule has 0 unspecified atom stereocenters. The number of nitrogens with zero attached hydrogens (tertiary/aromatic N) is 1. The fourth-order valence-electron chi connectivity index (χ4n) is 3.27. The second-order valence-electron chi connectivity index (χ2n) is 6.49. The number of nitrogens with one attached hydrogen (secondary N) is 1. The summed E-state index contributed by atoms with van der Waals surface area (Å²) in [7, 11) is 0. The van der Waals surface area contributed by atoms with Crippen LogP contribution in [0.1, 0.15) is 26.3 Å². The number of rotatable bonds is 3. The number of benzene rings is 3. The Balaban J connectivity index is 1.48. The molecule has 6 heteroatoms. The molecule has 1 N–H and O–H groups in total. The summed E-state index contributed by atoms with van der Waals surface area (Å²) >= 11 is 9.45. The molecule has 0 bridgehead atoms. The maximum atomic E-state index is 12.9. The molecule has 0 saturated heterocycles. The van der Waals surface area contributed by atoms with Crippen LogP contribution in [0.25, 0.3) is 0 Å². The van der Waals surface area contributed by atoms with E-state index in [1.165, 1.54) is 5.56 Å². The highest BCUT2D eigenvalue weighted by molar-refractivity contribution is 9.10. The Hall–Kier alpha value is -2.63. The van der Waals surface area contributed by atoms with Crippen LogP contribution >= 0.6 is 27.5 Å². The summed E-state index contributed by atoms with van der Waals surface area (Å²) in [6, 6.07) is 19.9. The van der Waals surface area contributed by atoms with Gasteiger partial charge in [-0.25, -0.2) is 0 Å². The van der Waals surface area contributed by atoms with E-state index in [4.69, 9.17) is 11.6 Å². The van der Waals surface area contributed by atoms with Gasteiger partial charge in [0.2, 0.25) is 0 Å². The average Bonchev–Trinajstić information content (AvgIpc) is 3.12. The molecule has 1 aliphatic rings. The Labute approximate surface area is 176 Å². The van der Waals surface area contributed by atoms with Crippen LogP contribution in [0.2, 0.25) is 5.02 Å². The maximum absolute atomic E-state index is 12.9. The number of carbonyl (C=O) groups excluding carboxylic acids is 2. The maximum Gasteiger partial charge on any atom is 0.258 e. The minimum Gasteiger partial charge on any atom is -0.322 e. The number of amides is 2. The van der Waals surface area contributed by atoms with Crippen molar-refractivity contribution < 1.29 is 9.59 Å². The van der Waals surface area contributed by atoms with Gasteiger partial charge in [-0.3, -0.25) is 9.59 Å². The summed E-state index contributed by atoms with van der Waals surface area (Å²) in [5.74, 6) is -0.344. The highest BCUT2D eigenvalue weighted by Crippen LogP contribution is 2.29. The lowest BCUT2D eigenvalue weighted by Gasteiger charge is -2.17. The van der Waals surface area contributed by atoms with Gasteiger partial charge in [0, 0.05) is 28.0 Å². The summed E-state index contributed by atoms with van der Waals surface area (Å²) < 4.78 is 0.806. The summed E-state index contributed by atoms with van der Waals surface area (Å²) in [5.41, 5.74) is 3.72. The SMILES string of the molecule is O=C(Nc1ccc(C(=O)N2CCc3ccccc32)cc1)c1ccc(Br)cc1Cl. The van der Waals surface area contributed by atoms with Gasteiger partial charge in [-0.2, -0.15) is 0 Å². The van der Waals surface area contributed by atoms with Crippen LogP contribution in [0.5, 0.6) is 0 Å². The Bertz CT molecular complexity index is 1070. The summed E-state index contributed by atoms with van der Waals surface area (Å²) in [5, 5.41) is 3.17. The highest BCUT2D eigenvalue weighted by atomic mass is 79.9. The molecule has 28 heavy (non-hydrogen) atoms. The minimum atomic E-state index is -0.301. The average molecular weight is 456 g/mol. The standard InChI is InChI=1S/C22H16BrClN2O2/c23-16-7-10-18(19(24)13-16)21(27)25-17-8-5-15(6-9-17)22(28)26-12-11-14-3-1-2-4-20(14)26/h1-10,13H,11-12H2,(H,25,27). The van der Waals surface area contributed by atoms with Gasteiger partial charge in [-0.05, 0) is 60.5 Å². The quantitative estimate of drug-likeness (QED) is 0.562. The number of fused-ring (bicyclic) bond motifs is 1. The van der Waals surface area contributed by atoms with Gasteiger partial charge in [0.25, 0.3) is 11.8 Å². The zero-order valence-electron chi connectivity index (χ0n) is 14.8. The van der Waals surface area contributed by atoms with E-state index < -0.39 is 0 Å². The molecular weight excluding hydrogens is 440 g/mol. The van der Waals surface area contributed by atoms with Crippen LogP contribution in [0, 0.1) is 0 Å². The van der Waals surface area contributed by atoms with Crippen LogP contribution in [0.3, 0.4) is 0 Å². The van der Waals surface area contributed by atoms with Gasteiger partial charge in [-0.15, -0.1) is 0 Å². The molecule has 3 aromatic rings. The Kier molecular flexibility index (Phi) is 5.20. The summed E-state index contributed by atoms with van der Waals surface area (Å²) in [4.78, 5) is 27.1. The predicted molar refractivity (Wildman–Crippen MR) is 115 cm³/mol. The zero-order valence-corrected chi connectivity index (χ0v) is 17.1. The van der Waals surface area contributed by atoms with Crippen molar-refractivity contribution in [3.8, 4) is 0 Å². The van der Waals surface area contributed by atoms with Crippen molar-refractivity contribution in [2.24, 2.45) is 0 Å². The van der Waals surface area contributed by atoms with Crippen LogP contribution in [-0.4, -0.2) is 18.4 Å². The van der Waals surface area contributed by atoms with Crippen LogP contribution in [0.4, 0.5) is 11.4 Å². The van der Waals surface area contributed by atoms with Crippen LogP contribution in [0.15, 0.2) is 71.2 Å². The second kappa shape index (κ2) is 7.78. The van der Waals surface area contributed by atoms with E-state index in [9.17, 15) is 9.59 Å². The van der Waals surface area contributed by atoms with Gasteiger partial charge in [0.1, 0.15) is 0 Å². The normalized spacial score (nSPS) is 12.6. The first-order valence-electron chi connectivity index (χ1n) is 8.79. The highest BCUT2D eigenvalue weighted by Gasteiger charge is 2.25. The topological polar surface area (TPSA) is 49.4 Å². The molecule has 4 nitrogen and oxygen atoms in total. The minimum absolute atomic E-state index is 0.0428. The predicted octanol–water partition coefficient (Wildman–Crippen LogP) is 5.56. The Morgan fingerprint density at radius 1 is 1.00 bits per heavy atom. The van der Waals surface area contributed by atoms with E-state index in [1.54, 1.807) is 47.4 Å². The van der Waals surface area contributed by atoms with E-state index in [2.05, 4.69) is 27.3 Å². The molecule has 0 saturated carbocycles. The molecule has 2 amide bonds. The molecule has 4 rings (SSSR count). The molecule has 0 spiro atoms. The van der Waals surface area contributed by atoms with Crippen molar-refractivity contribution in [2.45, 2.75) is 6.42 Å². The molecule has 1 heterocycles. The lowest BCUT2D eigenvalue weighted by molar-refractivity contribution is 0.0988. The molecule has 0 radical (unpaired) electrons. The van der Waals surface area contributed by atoms with Crippen molar-refractivity contribution in [3.05, 3.63) is 92.9 Å². The summed E-state index contributed by atoms with van der Waals surface area (Å²) in [6.07, 6.45) is 0.865. The number of para-hydroxylation sites is 1. The molecule has 3 aromatic carbocycles. The van der Waals surface area contributed by atoms with Crippen molar-refractivity contribution in [2.75, 3.05) is 16.8 Å². The second-order valence-corrected chi connectivity index (χ2v) is 7.81. The first kappa shape index (κ1) is 18.7. The third-order valence-electron chi connectivity index (χ3n) is 4.70. The van der Waals surface area contributed by atoms with Gasteiger partial charge < -0.3 is 10.2 Å². The molecule has 0 fully saturated rings. The van der Waals surface area contributed by atoms with Gasteiger partial charge in [0.15, 0.2) is 0 Å². The van der Waals surface area contributed by atoms with Crippen molar-refractivity contribution in [3.63, 3.8) is 0 Å². The van der Waals surface area contributed by atoms with Crippen LogP contribution in [-0.2, 0) is 6.42 Å². The number of hydrogen-bond donors (Lipinski definition) is 1. The van der Waals surface area contributed by atoms with E-state index in [1.807, 2.05) is 18.2 Å². The molecule has 0 atom stereocenters. The van der Waals surface area contributed by atoms with E-state index >= 15 is 0 Å². The van der Waals surface area contributed by atoms with E-state index in [0.29, 0.717) is 28.4 Å². The number of hydrogen-bond acceptors (Lipinski definition) is 2. The largest absolute Gasteiger partial charge is 0.322 e. The number of halogens is 2.